The molecule has 1 atom stereocenters. The first kappa shape index (κ1) is 16.5. The molecule has 2 heterocycles. The van der Waals surface area contributed by atoms with E-state index in [2.05, 4.69) is 30.9 Å². The minimum absolute atomic E-state index is 0.170. The molecule has 4 heteroatoms. The molecule has 1 saturated heterocycles. The van der Waals surface area contributed by atoms with Crippen molar-refractivity contribution in [3.8, 4) is 0 Å². The Morgan fingerprint density at radius 3 is 2.65 bits per heavy atom. The van der Waals surface area contributed by atoms with Crippen molar-refractivity contribution in [3.05, 3.63) is 35.4 Å². The molecular weight excluding hydrogens is 308 g/mol. The van der Waals surface area contributed by atoms with Gasteiger partial charge in [0.15, 0.2) is 0 Å². The Labute approximate surface area is 143 Å². The molecule has 23 heavy (non-hydrogen) atoms. The van der Waals surface area contributed by atoms with Gasteiger partial charge in [-0.15, -0.1) is 0 Å². The van der Waals surface area contributed by atoms with Gasteiger partial charge in [-0.25, -0.2) is 4.98 Å². The number of benzene rings is 1. The van der Waals surface area contributed by atoms with Crippen LogP contribution in [0.1, 0.15) is 33.1 Å². The highest BCUT2D eigenvalue weighted by molar-refractivity contribution is 6.35. The zero-order chi connectivity index (χ0) is 16.4. The standard InChI is InChI=1S/C19H25ClN2O/c1-13(2)12-17(23)14-8-10-22(11-9-14)18-7-6-15-4-3-5-16(20)19(15)21-18/h3-7,13-14,17,23H,8-12H2,1-2H3/t17-/m0/s1. The van der Waals surface area contributed by atoms with Gasteiger partial charge < -0.3 is 10.0 Å². The molecule has 1 aromatic heterocycles. The molecule has 1 aliphatic rings. The highest BCUT2D eigenvalue weighted by Crippen LogP contribution is 2.29. The summed E-state index contributed by atoms with van der Waals surface area (Å²) in [4.78, 5) is 7.06. The smallest absolute Gasteiger partial charge is 0.129 e. The average Bonchev–Trinajstić information content (AvgIpc) is 2.54. The Bertz CT molecular complexity index is 665. The van der Waals surface area contributed by atoms with E-state index in [4.69, 9.17) is 16.6 Å². The number of piperidine rings is 1. The van der Waals surface area contributed by atoms with Crippen LogP contribution in [0.4, 0.5) is 5.82 Å². The SMILES string of the molecule is CC(C)C[C@H](O)C1CCN(c2ccc3cccc(Cl)c3n2)CC1. The maximum atomic E-state index is 10.3. The normalized spacial score (nSPS) is 17.9. The molecule has 0 bridgehead atoms. The molecular formula is C19H25ClN2O. The first-order valence-corrected chi connectivity index (χ1v) is 8.90. The summed E-state index contributed by atoms with van der Waals surface area (Å²) in [6.07, 6.45) is 2.77. The Morgan fingerprint density at radius 1 is 1.22 bits per heavy atom. The van der Waals surface area contributed by atoms with Crippen molar-refractivity contribution in [2.45, 2.75) is 39.2 Å². The van der Waals surface area contributed by atoms with Crippen LogP contribution in [-0.2, 0) is 0 Å². The van der Waals surface area contributed by atoms with Crippen molar-refractivity contribution in [1.82, 2.24) is 4.98 Å². The number of halogens is 1. The second kappa shape index (κ2) is 7.06. The number of hydrogen-bond acceptors (Lipinski definition) is 3. The van der Waals surface area contributed by atoms with Gasteiger partial charge in [0.25, 0.3) is 0 Å². The molecule has 0 saturated carbocycles. The number of para-hydroxylation sites is 1. The minimum Gasteiger partial charge on any atom is -0.393 e. The van der Waals surface area contributed by atoms with E-state index in [0.717, 1.165) is 49.1 Å². The van der Waals surface area contributed by atoms with Gasteiger partial charge in [0.05, 0.1) is 16.6 Å². The third-order valence-corrected chi connectivity index (χ3v) is 5.08. The summed E-state index contributed by atoms with van der Waals surface area (Å²) in [7, 11) is 0. The lowest BCUT2D eigenvalue weighted by molar-refractivity contribution is 0.0734. The molecule has 3 rings (SSSR count). The average molecular weight is 333 g/mol. The summed E-state index contributed by atoms with van der Waals surface area (Å²) in [6, 6.07) is 10.0. The number of aliphatic hydroxyl groups excluding tert-OH is 1. The number of aliphatic hydroxyl groups is 1. The number of pyridine rings is 1. The lowest BCUT2D eigenvalue weighted by Crippen LogP contribution is -2.38. The van der Waals surface area contributed by atoms with Gasteiger partial charge in [-0.1, -0.05) is 37.6 Å². The van der Waals surface area contributed by atoms with Crippen LogP contribution in [0.5, 0.6) is 0 Å². The maximum Gasteiger partial charge on any atom is 0.129 e. The van der Waals surface area contributed by atoms with Crippen molar-refractivity contribution in [1.29, 1.82) is 0 Å². The summed E-state index contributed by atoms with van der Waals surface area (Å²) in [5.41, 5.74) is 0.869. The highest BCUT2D eigenvalue weighted by atomic mass is 35.5. The highest BCUT2D eigenvalue weighted by Gasteiger charge is 2.26. The van der Waals surface area contributed by atoms with Crippen molar-refractivity contribution >= 4 is 28.3 Å². The van der Waals surface area contributed by atoms with Crippen LogP contribution in [0.25, 0.3) is 10.9 Å². The van der Waals surface area contributed by atoms with E-state index in [0.29, 0.717) is 16.9 Å². The van der Waals surface area contributed by atoms with E-state index in [1.54, 1.807) is 0 Å². The van der Waals surface area contributed by atoms with Crippen LogP contribution in [-0.4, -0.2) is 29.3 Å². The third-order valence-electron chi connectivity index (χ3n) is 4.78. The van der Waals surface area contributed by atoms with Gasteiger partial charge in [-0.2, -0.15) is 0 Å². The van der Waals surface area contributed by atoms with Crippen LogP contribution in [0.15, 0.2) is 30.3 Å². The molecule has 1 aromatic carbocycles. The lowest BCUT2D eigenvalue weighted by Gasteiger charge is -2.35. The zero-order valence-electron chi connectivity index (χ0n) is 13.9. The van der Waals surface area contributed by atoms with Gasteiger partial charge in [-0.05, 0) is 49.3 Å². The van der Waals surface area contributed by atoms with E-state index < -0.39 is 0 Å². The third kappa shape index (κ3) is 3.78. The fourth-order valence-electron chi connectivity index (χ4n) is 3.47. The van der Waals surface area contributed by atoms with Gasteiger partial charge in [0, 0.05) is 18.5 Å². The predicted molar refractivity (Wildman–Crippen MR) is 97.2 cm³/mol. The summed E-state index contributed by atoms with van der Waals surface area (Å²) in [6.45, 7) is 6.23. The summed E-state index contributed by atoms with van der Waals surface area (Å²) < 4.78 is 0. The van der Waals surface area contributed by atoms with Gasteiger partial charge in [0.2, 0.25) is 0 Å². The Hall–Kier alpha value is -1.32. The minimum atomic E-state index is -0.170. The van der Waals surface area contributed by atoms with Crippen molar-refractivity contribution < 1.29 is 5.11 Å². The first-order valence-electron chi connectivity index (χ1n) is 8.53. The Morgan fingerprint density at radius 2 is 1.96 bits per heavy atom. The second-order valence-electron chi connectivity index (χ2n) is 7.00. The van der Waals surface area contributed by atoms with Crippen LogP contribution in [0, 0.1) is 11.8 Å². The van der Waals surface area contributed by atoms with Crippen molar-refractivity contribution in [2.75, 3.05) is 18.0 Å². The Balaban J connectivity index is 1.69. The summed E-state index contributed by atoms with van der Waals surface area (Å²) >= 11 is 6.27. The van der Waals surface area contributed by atoms with E-state index in [1.807, 2.05) is 18.2 Å². The Kier molecular flexibility index (Phi) is 5.08. The van der Waals surface area contributed by atoms with Gasteiger partial charge in [-0.3, -0.25) is 0 Å². The molecule has 124 valence electrons. The second-order valence-corrected chi connectivity index (χ2v) is 7.41. The fourth-order valence-corrected chi connectivity index (χ4v) is 3.69. The number of nitrogens with zero attached hydrogens (tertiary/aromatic N) is 2. The van der Waals surface area contributed by atoms with Crippen LogP contribution >= 0.6 is 11.6 Å². The monoisotopic (exact) mass is 332 g/mol. The zero-order valence-corrected chi connectivity index (χ0v) is 14.6. The molecule has 1 fully saturated rings. The molecule has 1 N–H and O–H groups in total. The molecule has 3 nitrogen and oxygen atoms in total. The molecule has 0 amide bonds. The van der Waals surface area contributed by atoms with Crippen molar-refractivity contribution in [3.63, 3.8) is 0 Å². The van der Waals surface area contributed by atoms with E-state index in [1.165, 1.54) is 0 Å². The lowest BCUT2D eigenvalue weighted by atomic mass is 9.87. The molecule has 1 aliphatic heterocycles. The van der Waals surface area contributed by atoms with Crippen molar-refractivity contribution in [2.24, 2.45) is 11.8 Å². The largest absolute Gasteiger partial charge is 0.393 e. The fraction of sp³-hybridized carbons (Fsp3) is 0.526. The first-order chi connectivity index (χ1) is 11.0. The summed E-state index contributed by atoms with van der Waals surface area (Å²) in [5, 5.41) is 12.1. The number of aromatic nitrogens is 1. The molecule has 0 radical (unpaired) electrons. The molecule has 0 unspecified atom stereocenters. The van der Waals surface area contributed by atoms with Crippen LogP contribution in [0.3, 0.4) is 0 Å². The number of fused-ring (bicyclic) bond motifs is 1. The van der Waals surface area contributed by atoms with Gasteiger partial charge in [0.1, 0.15) is 5.82 Å². The van der Waals surface area contributed by atoms with E-state index >= 15 is 0 Å². The quantitative estimate of drug-likeness (QED) is 0.894. The number of anilines is 1. The molecule has 0 spiro atoms. The van der Waals surface area contributed by atoms with E-state index in [-0.39, 0.29) is 6.10 Å². The maximum absolute atomic E-state index is 10.3. The van der Waals surface area contributed by atoms with Gasteiger partial charge >= 0.3 is 0 Å². The van der Waals surface area contributed by atoms with Crippen LogP contribution < -0.4 is 4.90 Å². The molecule has 0 aliphatic carbocycles. The van der Waals surface area contributed by atoms with Crippen LogP contribution in [0.2, 0.25) is 5.02 Å². The molecule has 2 aromatic rings. The number of hydrogen-bond donors (Lipinski definition) is 1. The topological polar surface area (TPSA) is 36.4 Å². The number of rotatable bonds is 4. The van der Waals surface area contributed by atoms with E-state index in [9.17, 15) is 5.11 Å². The summed E-state index contributed by atoms with van der Waals surface area (Å²) in [5.74, 6) is 1.95. The predicted octanol–water partition coefficient (Wildman–Crippen LogP) is 4.51.